The molecule has 2 heteroatoms. The van der Waals surface area contributed by atoms with Crippen LogP contribution in [0.2, 0.25) is 0 Å². The lowest BCUT2D eigenvalue weighted by molar-refractivity contribution is 1.03. The number of hydrogen-bond donors (Lipinski definition) is 0. The van der Waals surface area contributed by atoms with Crippen molar-refractivity contribution >= 4 is 31.9 Å². The van der Waals surface area contributed by atoms with E-state index < -0.39 is 0 Å². The second-order valence-corrected chi connectivity index (χ2v) is 3.81. The van der Waals surface area contributed by atoms with Gasteiger partial charge in [-0.25, -0.2) is 0 Å². The number of halogens is 2. The van der Waals surface area contributed by atoms with Crippen LogP contribution >= 0.6 is 31.9 Å². The van der Waals surface area contributed by atoms with Crippen LogP contribution < -0.4 is 0 Å². The summed E-state index contributed by atoms with van der Waals surface area (Å²) in [4.78, 5) is 0.801. The molecule has 2 atom stereocenters. The van der Waals surface area contributed by atoms with Gasteiger partial charge in [-0.2, -0.15) is 0 Å². The fourth-order valence-corrected chi connectivity index (χ4v) is 0. The Kier molecular flexibility index (Phi) is 3.51. The Morgan fingerprint density at radius 2 is 1.67 bits per heavy atom. The number of hydrogen-bond acceptors (Lipinski definition) is 0. The molecule has 0 aliphatic heterocycles. The van der Waals surface area contributed by atoms with Crippen molar-refractivity contribution in [2.45, 2.75) is 16.6 Å². The SMILES string of the molecule is [CH2]C(Br)C(C)Br. The topological polar surface area (TPSA) is 0 Å². The third-order valence-electron chi connectivity index (χ3n) is 0.498. The van der Waals surface area contributed by atoms with Gasteiger partial charge in [0, 0.05) is 9.65 Å². The standard InChI is InChI=1S/C4H7Br2/c1-3(5)4(2)6/h3-4H,1H2,2H3. The normalized spacial score (nSPS) is 20.0. The molecule has 6 heavy (non-hydrogen) atoms. The van der Waals surface area contributed by atoms with Gasteiger partial charge in [-0.1, -0.05) is 38.8 Å². The maximum absolute atomic E-state index is 3.71. The molecule has 0 aromatic heterocycles. The highest BCUT2D eigenvalue weighted by molar-refractivity contribution is 9.12. The Morgan fingerprint density at radius 3 is 1.67 bits per heavy atom. The molecule has 0 fully saturated rings. The van der Waals surface area contributed by atoms with Crippen LogP contribution in [-0.4, -0.2) is 9.65 Å². The monoisotopic (exact) mass is 213 g/mol. The summed E-state index contributed by atoms with van der Waals surface area (Å²) in [7, 11) is 0. The minimum atomic E-state index is 0.331. The van der Waals surface area contributed by atoms with Crippen molar-refractivity contribution in [2.75, 3.05) is 0 Å². The van der Waals surface area contributed by atoms with E-state index in [9.17, 15) is 0 Å². The van der Waals surface area contributed by atoms with Crippen LogP contribution in [0.4, 0.5) is 0 Å². The number of alkyl halides is 2. The average Bonchev–Trinajstić information content (AvgIpc) is 1.36. The summed E-state index contributed by atoms with van der Waals surface area (Å²) in [5, 5.41) is 0. The Bertz CT molecular complexity index is 26.5. The second-order valence-electron chi connectivity index (χ2n) is 1.19. The zero-order valence-electron chi connectivity index (χ0n) is 3.62. The van der Waals surface area contributed by atoms with Crippen molar-refractivity contribution in [2.24, 2.45) is 0 Å². The minimum absolute atomic E-state index is 0.331. The average molecular weight is 215 g/mol. The molecule has 0 heterocycles. The fourth-order valence-electron chi connectivity index (χ4n) is 0. The van der Waals surface area contributed by atoms with E-state index in [1.54, 1.807) is 0 Å². The molecule has 0 saturated carbocycles. The van der Waals surface area contributed by atoms with E-state index in [0.717, 1.165) is 0 Å². The van der Waals surface area contributed by atoms with Crippen molar-refractivity contribution in [1.82, 2.24) is 0 Å². The molecule has 0 aliphatic carbocycles. The maximum atomic E-state index is 3.71. The first-order valence-corrected chi connectivity index (χ1v) is 3.59. The van der Waals surface area contributed by atoms with E-state index in [0.29, 0.717) is 9.65 Å². The lowest BCUT2D eigenvalue weighted by Gasteiger charge is -2.00. The third kappa shape index (κ3) is 3.16. The molecule has 0 aliphatic rings. The first-order valence-electron chi connectivity index (χ1n) is 1.76. The predicted molar refractivity (Wildman–Crippen MR) is 36.5 cm³/mol. The van der Waals surface area contributed by atoms with Gasteiger partial charge in [0.05, 0.1) is 0 Å². The molecule has 37 valence electrons. The van der Waals surface area contributed by atoms with Gasteiger partial charge >= 0.3 is 0 Å². The van der Waals surface area contributed by atoms with Crippen molar-refractivity contribution in [3.8, 4) is 0 Å². The first-order chi connectivity index (χ1) is 2.64. The summed E-state index contributed by atoms with van der Waals surface area (Å²) in [5.74, 6) is 0. The summed E-state index contributed by atoms with van der Waals surface area (Å²) >= 11 is 6.61. The van der Waals surface area contributed by atoms with E-state index in [4.69, 9.17) is 0 Å². The van der Waals surface area contributed by atoms with E-state index in [-0.39, 0.29) is 0 Å². The molecule has 0 spiro atoms. The summed E-state index contributed by atoms with van der Waals surface area (Å²) in [6.07, 6.45) is 0. The Balaban J connectivity index is 2.99. The summed E-state index contributed by atoms with van der Waals surface area (Å²) in [6, 6.07) is 0. The van der Waals surface area contributed by atoms with Crippen LogP contribution in [-0.2, 0) is 0 Å². The van der Waals surface area contributed by atoms with Gasteiger partial charge in [-0.3, -0.25) is 0 Å². The molecule has 2 unspecified atom stereocenters. The maximum Gasteiger partial charge on any atom is 0.0268 e. The van der Waals surface area contributed by atoms with Crippen molar-refractivity contribution < 1.29 is 0 Å². The molecule has 0 amide bonds. The lowest BCUT2D eigenvalue weighted by Crippen LogP contribution is -2.02. The Labute approximate surface area is 55.6 Å². The van der Waals surface area contributed by atoms with E-state index in [1.807, 2.05) is 6.92 Å². The van der Waals surface area contributed by atoms with Gasteiger partial charge in [0.15, 0.2) is 0 Å². The van der Waals surface area contributed by atoms with Crippen LogP contribution in [0.1, 0.15) is 6.92 Å². The molecule has 0 aromatic carbocycles. The van der Waals surface area contributed by atoms with Gasteiger partial charge in [-0.05, 0) is 6.92 Å². The lowest BCUT2D eigenvalue weighted by atomic mass is 10.4. The zero-order valence-corrected chi connectivity index (χ0v) is 6.79. The van der Waals surface area contributed by atoms with Gasteiger partial charge in [-0.15, -0.1) is 0 Å². The Hall–Kier alpha value is 0.960. The van der Waals surface area contributed by atoms with Crippen LogP contribution in [0.25, 0.3) is 0 Å². The van der Waals surface area contributed by atoms with Crippen molar-refractivity contribution in [1.29, 1.82) is 0 Å². The molecule has 1 radical (unpaired) electrons. The molecule has 0 bridgehead atoms. The predicted octanol–water partition coefficient (Wildman–Crippen LogP) is 2.37. The van der Waals surface area contributed by atoms with Gasteiger partial charge in [0.1, 0.15) is 0 Å². The first kappa shape index (κ1) is 6.96. The fraction of sp³-hybridized carbons (Fsp3) is 0.750. The van der Waals surface area contributed by atoms with Crippen LogP contribution in [0.5, 0.6) is 0 Å². The zero-order chi connectivity index (χ0) is 5.15. The molecule has 0 aromatic rings. The summed E-state index contributed by atoms with van der Waals surface area (Å²) < 4.78 is 0. The second kappa shape index (κ2) is 3.03. The summed E-state index contributed by atoms with van der Waals surface area (Å²) in [5.41, 5.74) is 0. The van der Waals surface area contributed by atoms with E-state index >= 15 is 0 Å². The third-order valence-corrected chi connectivity index (χ3v) is 2.64. The van der Waals surface area contributed by atoms with Crippen LogP contribution in [0, 0.1) is 6.92 Å². The minimum Gasteiger partial charge on any atom is -0.0882 e. The quantitative estimate of drug-likeness (QED) is 0.589. The molecule has 0 N–H and O–H groups in total. The highest BCUT2D eigenvalue weighted by Crippen LogP contribution is 2.10. The highest BCUT2D eigenvalue weighted by atomic mass is 79.9. The van der Waals surface area contributed by atoms with E-state index in [1.165, 1.54) is 0 Å². The summed E-state index contributed by atoms with van der Waals surface area (Å²) in [6.45, 7) is 5.76. The molecule has 0 saturated heterocycles. The number of rotatable bonds is 1. The molecular weight excluding hydrogens is 208 g/mol. The largest absolute Gasteiger partial charge is 0.0882 e. The van der Waals surface area contributed by atoms with Crippen molar-refractivity contribution in [3.63, 3.8) is 0 Å². The molecule has 0 rings (SSSR count). The van der Waals surface area contributed by atoms with Crippen molar-refractivity contribution in [3.05, 3.63) is 6.92 Å². The van der Waals surface area contributed by atoms with E-state index in [2.05, 4.69) is 38.8 Å². The molecule has 0 nitrogen and oxygen atoms in total. The molecular formula is C4H7Br2. The van der Waals surface area contributed by atoms with Gasteiger partial charge < -0.3 is 0 Å². The Morgan fingerprint density at radius 1 is 1.50 bits per heavy atom. The van der Waals surface area contributed by atoms with Gasteiger partial charge in [0.25, 0.3) is 0 Å². The highest BCUT2D eigenvalue weighted by Gasteiger charge is 2.00. The van der Waals surface area contributed by atoms with Crippen LogP contribution in [0.3, 0.4) is 0 Å². The van der Waals surface area contributed by atoms with Crippen LogP contribution in [0.15, 0.2) is 0 Å². The van der Waals surface area contributed by atoms with Gasteiger partial charge in [0.2, 0.25) is 0 Å². The smallest absolute Gasteiger partial charge is 0.0268 e.